The second-order valence-electron chi connectivity index (χ2n) is 7.29. The van der Waals surface area contributed by atoms with Crippen molar-refractivity contribution < 1.29 is 9.53 Å². The summed E-state index contributed by atoms with van der Waals surface area (Å²) in [5, 5.41) is 5.19. The Balaban J connectivity index is 1.39. The van der Waals surface area contributed by atoms with Crippen molar-refractivity contribution in [3.8, 4) is 5.75 Å². The van der Waals surface area contributed by atoms with Gasteiger partial charge in [0.1, 0.15) is 5.75 Å². The number of rotatable bonds is 5. The molecule has 4 rings (SSSR count). The largest absolute Gasteiger partial charge is 0.483 e. The average molecular weight is 359 g/mol. The summed E-state index contributed by atoms with van der Waals surface area (Å²) in [6, 6.07) is 20.5. The standard InChI is InChI=1S/C24H25NO2/c1-17(20-14-13-18-7-2-3-9-21(18)15-20)25-24(26)16-27-23-12-6-10-19-8-4-5-11-22(19)23/h4-6,8,10-15,17H,2-3,7,9,16H2,1H3,(H,25,26)/t17-/m0/s1. The number of amides is 1. The third-order valence-corrected chi connectivity index (χ3v) is 5.36. The summed E-state index contributed by atoms with van der Waals surface area (Å²) in [5.41, 5.74) is 4.06. The first-order valence-electron chi connectivity index (χ1n) is 9.72. The number of hydrogen-bond donors (Lipinski definition) is 1. The maximum atomic E-state index is 12.4. The number of carbonyl (C=O) groups is 1. The molecule has 0 aliphatic heterocycles. The zero-order valence-electron chi connectivity index (χ0n) is 15.7. The van der Waals surface area contributed by atoms with Gasteiger partial charge in [0.15, 0.2) is 6.61 Å². The SMILES string of the molecule is C[C@H](NC(=O)COc1cccc2ccccc12)c1ccc2c(c1)CCCC2. The number of fused-ring (bicyclic) bond motifs is 2. The van der Waals surface area contributed by atoms with Crippen LogP contribution >= 0.6 is 0 Å². The van der Waals surface area contributed by atoms with Gasteiger partial charge in [-0.05, 0) is 60.7 Å². The van der Waals surface area contributed by atoms with Gasteiger partial charge in [-0.2, -0.15) is 0 Å². The van der Waals surface area contributed by atoms with Crippen LogP contribution in [0, 0.1) is 0 Å². The Bertz CT molecular complexity index is 958. The second-order valence-corrected chi connectivity index (χ2v) is 7.29. The molecule has 0 aromatic heterocycles. The normalized spacial score (nSPS) is 14.4. The first-order valence-corrected chi connectivity index (χ1v) is 9.72. The summed E-state index contributed by atoms with van der Waals surface area (Å²) in [7, 11) is 0. The highest BCUT2D eigenvalue weighted by Gasteiger charge is 2.14. The van der Waals surface area contributed by atoms with Crippen LogP contribution in [0.5, 0.6) is 5.75 Å². The van der Waals surface area contributed by atoms with Crippen LogP contribution in [0.15, 0.2) is 60.7 Å². The molecule has 1 amide bonds. The maximum absolute atomic E-state index is 12.4. The molecular formula is C24H25NO2. The molecule has 1 N–H and O–H groups in total. The van der Waals surface area contributed by atoms with E-state index in [0.29, 0.717) is 0 Å². The van der Waals surface area contributed by atoms with Gasteiger partial charge in [0.05, 0.1) is 6.04 Å². The second kappa shape index (κ2) is 7.83. The van der Waals surface area contributed by atoms with Crippen molar-refractivity contribution in [2.24, 2.45) is 0 Å². The van der Waals surface area contributed by atoms with E-state index in [2.05, 4.69) is 23.5 Å². The van der Waals surface area contributed by atoms with Crippen molar-refractivity contribution in [1.82, 2.24) is 5.32 Å². The highest BCUT2D eigenvalue weighted by atomic mass is 16.5. The van der Waals surface area contributed by atoms with E-state index in [4.69, 9.17) is 4.74 Å². The topological polar surface area (TPSA) is 38.3 Å². The summed E-state index contributed by atoms with van der Waals surface area (Å²) in [5.74, 6) is 0.637. The van der Waals surface area contributed by atoms with Gasteiger partial charge in [-0.3, -0.25) is 4.79 Å². The van der Waals surface area contributed by atoms with Gasteiger partial charge in [-0.25, -0.2) is 0 Å². The number of benzene rings is 3. The average Bonchev–Trinajstić information content (AvgIpc) is 2.71. The van der Waals surface area contributed by atoms with Crippen molar-refractivity contribution in [2.75, 3.05) is 6.61 Å². The summed E-state index contributed by atoms with van der Waals surface area (Å²) in [4.78, 5) is 12.4. The zero-order valence-corrected chi connectivity index (χ0v) is 15.7. The summed E-state index contributed by atoms with van der Waals surface area (Å²) in [6.45, 7) is 2.05. The van der Waals surface area contributed by atoms with Crippen LogP contribution in [-0.2, 0) is 17.6 Å². The highest BCUT2D eigenvalue weighted by Crippen LogP contribution is 2.26. The number of carbonyl (C=O) groups excluding carboxylic acids is 1. The van der Waals surface area contributed by atoms with E-state index >= 15 is 0 Å². The third-order valence-electron chi connectivity index (χ3n) is 5.36. The molecule has 3 aromatic rings. The van der Waals surface area contributed by atoms with Crippen molar-refractivity contribution in [3.05, 3.63) is 77.4 Å². The van der Waals surface area contributed by atoms with E-state index in [1.807, 2.05) is 49.4 Å². The lowest BCUT2D eigenvalue weighted by Crippen LogP contribution is -2.31. The van der Waals surface area contributed by atoms with Crippen LogP contribution < -0.4 is 10.1 Å². The fourth-order valence-corrected chi connectivity index (χ4v) is 3.85. The molecular weight excluding hydrogens is 334 g/mol. The third kappa shape index (κ3) is 3.97. The Morgan fingerprint density at radius 2 is 1.78 bits per heavy atom. The van der Waals surface area contributed by atoms with E-state index in [1.165, 1.54) is 30.4 Å². The van der Waals surface area contributed by atoms with Crippen LogP contribution in [0.4, 0.5) is 0 Å². The van der Waals surface area contributed by atoms with Gasteiger partial charge in [0, 0.05) is 5.39 Å². The summed E-state index contributed by atoms with van der Waals surface area (Å²) in [6.07, 6.45) is 4.86. The van der Waals surface area contributed by atoms with E-state index in [9.17, 15) is 4.79 Å². The van der Waals surface area contributed by atoms with Gasteiger partial charge >= 0.3 is 0 Å². The predicted molar refractivity (Wildman–Crippen MR) is 109 cm³/mol. The van der Waals surface area contributed by atoms with Crippen LogP contribution in [0.2, 0.25) is 0 Å². The van der Waals surface area contributed by atoms with Crippen LogP contribution in [0.25, 0.3) is 10.8 Å². The summed E-state index contributed by atoms with van der Waals surface area (Å²) >= 11 is 0. The van der Waals surface area contributed by atoms with E-state index in [1.54, 1.807) is 0 Å². The number of aryl methyl sites for hydroxylation is 2. The Labute approximate surface area is 160 Å². The minimum absolute atomic E-state index is 0.0172. The fraction of sp³-hybridized carbons (Fsp3) is 0.292. The van der Waals surface area contributed by atoms with E-state index in [0.717, 1.165) is 28.5 Å². The molecule has 0 spiro atoms. The highest BCUT2D eigenvalue weighted by molar-refractivity contribution is 5.88. The van der Waals surface area contributed by atoms with Crippen LogP contribution in [0.3, 0.4) is 0 Å². The predicted octanol–water partition coefficient (Wildman–Crippen LogP) is 4.97. The molecule has 27 heavy (non-hydrogen) atoms. The molecule has 0 radical (unpaired) electrons. The molecule has 0 saturated heterocycles. The Hall–Kier alpha value is -2.81. The van der Waals surface area contributed by atoms with Crippen molar-refractivity contribution in [2.45, 2.75) is 38.6 Å². The minimum atomic E-state index is -0.104. The Morgan fingerprint density at radius 1 is 1.00 bits per heavy atom. The molecule has 0 heterocycles. The van der Waals surface area contributed by atoms with Crippen molar-refractivity contribution in [1.29, 1.82) is 0 Å². The Kier molecular flexibility index (Phi) is 5.10. The first kappa shape index (κ1) is 17.6. The van der Waals surface area contributed by atoms with E-state index in [-0.39, 0.29) is 18.6 Å². The molecule has 0 saturated carbocycles. The zero-order chi connectivity index (χ0) is 18.6. The molecule has 1 atom stereocenters. The lowest BCUT2D eigenvalue weighted by atomic mass is 9.89. The molecule has 3 heteroatoms. The van der Waals surface area contributed by atoms with Gasteiger partial charge < -0.3 is 10.1 Å². The quantitative estimate of drug-likeness (QED) is 0.698. The van der Waals surface area contributed by atoms with Crippen molar-refractivity contribution in [3.63, 3.8) is 0 Å². The van der Waals surface area contributed by atoms with Gasteiger partial charge in [-0.1, -0.05) is 54.6 Å². The molecule has 3 nitrogen and oxygen atoms in total. The Morgan fingerprint density at radius 3 is 2.67 bits per heavy atom. The molecule has 1 aliphatic carbocycles. The minimum Gasteiger partial charge on any atom is -0.483 e. The smallest absolute Gasteiger partial charge is 0.258 e. The van der Waals surface area contributed by atoms with Crippen LogP contribution in [0.1, 0.15) is 42.5 Å². The monoisotopic (exact) mass is 359 g/mol. The van der Waals surface area contributed by atoms with Crippen LogP contribution in [-0.4, -0.2) is 12.5 Å². The number of ether oxygens (including phenoxy) is 1. The van der Waals surface area contributed by atoms with Gasteiger partial charge in [0.25, 0.3) is 5.91 Å². The molecule has 0 unspecified atom stereocenters. The number of nitrogens with one attached hydrogen (secondary N) is 1. The number of hydrogen-bond acceptors (Lipinski definition) is 2. The molecule has 0 fully saturated rings. The lowest BCUT2D eigenvalue weighted by molar-refractivity contribution is -0.123. The molecule has 0 bridgehead atoms. The lowest BCUT2D eigenvalue weighted by Gasteiger charge is -2.20. The first-order chi connectivity index (χ1) is 13.2. The maximum Gasteiger partial charge on any atom is 0.258 e. The molecule has 3 aromatic carbocycles. The van der Waals surface area contributed by atoms with E-state index < -0.39 is 0 Å². The van der Waals surface area contributed by atoms with Gasteiger partial charge in [-0.15, -0.1) is 0 Å². The van der Waals surface area contributed by atoms with Gasteiger partial charge in [0.2, 0.25) is 0 Å². The summed E-state index contributed by atoms with van der Waals surface area (Å²) < 4.78 is 5.80. The molecule has 1 aliphatic rings. The fourth-order valence-electron chi connectivity index (χ4n) is 3.85. The molecule has 138 valence electrons. The van der Waals surface area contributed by atoms with Crippen molar-refractivity contribution >= 4 is 16.7 Å².